The predicted octanol–water partition coefficient (Wildman–Crippen LogP) is 4.29. The molecule has 2 aromatic rings. The van der Waals surface area contributed by atoms with Crippen molar-refractivity contribution >= 4 is 11.5 Å². The van der Waals surface area contributed by atoms with Crippen LogP contribution >= 0.6 is 0 Å². The fourth-order valence-electron chi connectivity index (χ4n) is 3.92. The van der Waals surface area contributed by atoms with Gasteiger partial charge in [0, 0.05) is 6.42 Å². The maximum absolute atomic E-state index is 12.7. The smallest absolute Gasteiger partial charge is 0.146 e. The quantitative estimate of drug-likeness (QED) is 0.877. The lowest BCUT2D eigenvalue weighted by molar-refractivity contribution is -0.119. The Bertz CT molecular complexity index is 835. The molecule has 2 aromatic carbocycles. The molecule has 0 spiro atoms. The van der Waals surface area contributed by atoms with E-state index in [1.165, 1.54) is 5.56 Å². The second-order valence-corrected chi connectivity index (χ2v) is 8.21. The summed E-state index contributed by atoms with van der Waals surface area (Å²) in [5.41, 5.74) is 3.30. The van der Waals surface area contributed by atoms with Gasteiger partial charge in [0.1, 0.15) is 23.4 Å². The number of hydrogen-bond acceptors (Lipinski definition) is 4. The molecule has 0 unspecified atom stereocenters. The largest absolute Gasteiger partial charge is 0.497 e. The molecule has 0 saturated heterocycles. The Morgan fingerprint density at radius 3 is 2.50 bits per heavy atom. The van der Waals surface area contributed by atoms with Gasteiger partial charge in [-0.05, 0) is 40.8 Å². The van der Waals surface area contributed by atoms with Crippen LogP contribution in [-0.2, 0) is 10.2 Å². The minimum Gasteiger partial charge on any atom is -0.497 e. The number of rotatable bonds is 2. The van der Waals surface area contributed by atoms with E-state index in [1.807, 2.05) is 30.3 Å². The van der Waals surface area contributed by atoms with Crippen molar-refractivity contribution in [3.63, 3.8) is 0 Å². The lowest BCUT2D eigenvalue weighted by atomic mass is 9.86. The monoisotopic (exact) mass is 351 g/mol. The first kappa shape index (κ1) is 17.0. The molecule has 1 heterocycles. The Kier molecular flexibility index (Phi) is 3.94. The number of hydrogen-bond donors (Lipinski definition) is 1. The van der Waals surface area contributed by atoms with Crippen LogP contribution in [0, 0.1) is 0 Å². The Labute approximate surface area is 154 Å². The molecule has 1 aliphatic heterocycles. The summed E-state index contributed by atoms with van der Waals surface area (Å²) in [5, 5.41) is 3.60. The van der Waals surface area contributed by atoms with Crippen molar-refractivity contribution < 1.29 is 14.3 Å². The molecular weight excluding hydrogens is 326 g/mol. The van der Waals surface area contributed by atoms with Crippen LogP contribution in [0.25, 0.3) is 0 Å². The topological polar surface area (TPSA) is 47.6 Å². The molecule has 26 heavy (non-hydrogen) atoms. The first-order chi connectivity index (χ1) is 12.4. The number of Topliss-reactive ketones (excluding diaryl/α,β-unsaturated/α-hetero) is 1. The van der Waals surface area contributed by atoms with E-state index in [1.54, 1.807) is 7.11 Å². The van der Waals surface area contributed by atoms with Gasteiger partial charge in [-0.15, -0.1) is 0 Å². The Morgan fingerprint density at radius 2 is 1.85 bits per heavy atom. The molecular formula is C22H25NO3. The maximum Gasteiger partial charge on any atom is 0.146 e. The van der Waals surface area contributed by atoms with Crippen LogP contribution in [0.1, 0.15) is 44.2 Å². The second kappa shape index (κ2) is 6.04. The van der Waals surface area contributed by atoms with Crippen molar-refractivity contribution in [1.82, 2.24) is 0 Å². The summed E-state index contributed by atoms with van der Waals surface area (Å²) < 4.78 is 11.4. The molecule has 1 N–H and O–H groups in total. The molecule has 1 fully saturated rings. The van der Waals surface area contributed by atoms with E-state index in [4.69, 9.17) is 9.47 Å². The first-order valence-corrected chi connectivity index (χ1v) is 9.11. The summed E-state index contributed by atoms with van der Waals surface area (Å²) in [6.07, 6.45) is 0.317. The van der Waals surface area contributed by atoms with Gasteiger partial charge in [-0.2, -0.15) is 0 Å². The molecule has 4 heteroatoms. The average molecular weight is 351 g/mol. The summed E-state index contributed by atoms with van der Waals surface area (Å²) in [5.74, 6) is 1.66. The van der Waals surface area contributed by atoms with Gasteiger partial charge < -0.3 is 14.8 Å². The van der Waals surface area contributed by atoms with E-state index in [9.17, 15) is 4.79 Å². The lowest BCUT2D eigenvalue weighted by Gasteiger charge is -2.34. The Hall–Kier alpha value is -2.49. The molecule has 3 atom stereocenters. The van der Waals surface area contributed by atoms with Crippen LogP contribution in [0.2, 0.25) is 0 Å². The Morgan fingerprint density at radius 1 is 1.12 bits per heavy atom. The maximum atomic E-state index is 12.7. The zero-order valence-corrected chi connectivity index (χ0v) is 15.7. The molecule has 0 radical (unpaired) electrons. The van der Waals surface area contributed by atoms with Crippen LogP contribution < -0.4 is 14.8 Å². The highest BCUT2D eigenvalue weighted by molar-refractivity contribution is 5.91. The van der Waals surface area contributed by atoms with E-state index in [0.29, 0.717) is 6.42 Å². The van der Waals surface area contributed by atoms with Gasteiger partial charge in [-0.25, -0.2) is 0 Å². The third-order valence-corrected chi connectivity index (χ3v) is 5.43. The zero-order valence-electron chi connectivity index (χ0n) is 15.7. The Balaban J connectivity index is 1.66. The predicted molar refractivity (Wildman–Crippen MR) is 102 cm³/mol. The average Bonchev–Trinajstić information content (AvgIpc) is 2.93. The molecule has 0 amide bonds. The number of benzene rings is 2. The van der Waals surface area contributed by atoms with Crippen LogP contribution in [0.4, 0.5) is 5.69 Å². The number of ether oxygens (including phenoxy) is 2. The molecule has 1 saturated carbocycles. The third-order valence-electron chi connectivity index (χ3n) is 5.43. The first-order valence-electron chi connectivity index (χ1n) is 9.11. The van der Waals surface area contributed by atoms with E-state index >= 15 is 0 Å². The fourth-order valence-corrected chi connectivity index (χ4v) is 3.92. The summed E-state index contributed by atoms with van der Waals surface area (Å²) in [6.45, 7) is 6.58. The van der Waals surface area contributed by atoms with Crippen molar-refractivity contribution in [3.8, 4) is 11.5 Å². The zero-order chi connectivity index (χ0) is 18.5. The summed E-state index contributed by atoms with van der Waals surface area (Å²) >= 11 is 0. The van der Waals surface area contributed by atoms with E-state index in [0.717, 1.165) is 22.7 Å². The van der Waals surface area contributed by atoms with Gasteiger partial charge in [0.05, 0.1) is 24.8 Å². The number of anilines is 1. The summed E-state index contributed by atoms with van der Waals surface area (Å²) in [4.78, 5) is 12.7. The third kappa shape index (κ3) is 2.83. The minimum absolute atomic E-state index is 0.0430. The van der Waals surface area contributed by atoms with E-state index < -0.39 is 0 Å². The standard InChI is InChI=1S/C22H25NO3/c1-22(2,3)14-7-10-18-16(11-14)23-21-19(26-18)12-17(24)20(21)13-5-8-15(25-4)9-6-13/h5-11,19-21,23H,12H2,1-4H3/t19-,20-,21-/m1/s1. The second-order valence-electron chi connectivity index (χ2n) is 8.21. The fraction of sp³-hybridized carbons (Fsp3) is 0.409. The number of fused-ring (bicyclic) bond motifs is 2. The molecule has 4 rings (SSSR count). The van der Waals surface area contributed by atoms with Crippen LogP contribution in [0.5, 0.6) is 11.5 Å². The molecule has 1 aliphatic carbocycles. The van der Waals surface area contributed by atoms with Gasteiger partial charge in [-0.3, -0.25) is 4.79 Å². The molecule has 136 valence electrons. The van der Waals surface area contributed by atoms with Crippen LogP contribution in [0.15, 0.2) is 42.5 Å². The molecule has 2 aliphatic rings. The van der Waals surface area contributed by atoms with Gasteiger partial charge in [0.15, 0.2) is 0 Å². The normalized spacial score (nSPS) is 24.3. The SMILES string of the molecule is COc1ccc([C@@H]2C(=O)C[C@H]3Oc4ccc(C(C)(C)C)cc4N[C@H]32)cc1. The van der Waals surface area contributed by atoms with Gasteiger partial charge in [0.25, 0.3) is 0 Å². The van der Waals surface area contributed by atoms with Crippen molar-refractivity contribution in [1.29, 1.82) is 0 Å². The van der Waals surface area contributed by atoms with Gasteiger partial charge >= 0.3 is 0 Å². The molecule has 0 aromatic heterocycles. The lowest BCUT2D eigenvalue weighted by Crippen LogP contribution is -2.40. The van der Waals surface area contributed by atoms with Crippen LogP contribution in [-0.4, -0.2) is 25.0 Å². The number of methoxy groups -OCH3 is 1. The van der Waals surface area contributed by atoms with E-state index in [2.05, 4.69) is 38.2 Å². The highest BCUT2D eigenvalue weighted by Crippen LogP contribution is 2.43. The highest BCUT2D eigenvalue weighted by Gasteiger charge is 2.47. The number of carbonyl (C=O) groups is 1. The van der Waals surface area contributed by atoms with Crippen molar-refractivity contribution in [2.24, 2.45) is 0 Å². The van der Waals surface area contributed by atoms with Crippen molar-refractivity contribution in [2.75, 3.05) is 12.4 Å². The summed E-state index contributed by atoms with van der Waals surface area (Å²) in [6, 6.07) is 14.0. The number of nitrogens with one attached hydrogen (secondary N) is 1. The van der Waals surface area contributed by atoms with Crippen molar-refractivity contribution in [2.45, 2.75) is 50.7 Å². The van der Waals surface area contributed by atoms with Crippen molar-refractivity contribution in [3.05, 3.63) is 53.6 Å². The van der Waals surface area contributed by atoms with E-state index in [-0.39, 0.29) is 29.3 Å². The van der Waals surface area contributed by atoms with Crippen LogP contribution in [0.3, 0.4) is 0 Å². The summed E-state index contributed by atoms with van der Waals surface area (Å²) in [7, 11) is 1.64. The highest BCUT2D eigenvalue weighted by atomic mass is 16.5. The number of carbonyl (C=O) groups excluding carboxylic acids is 1. The van der Waals surface area contributed by atoms with Gasteiger partial charge in [0.2, 0.25) is 0 Å². The molecule has 0 bridgehead atoms. The van der Waals surface area contributed by atoms with Gasteiger partial charge in [-0.1, -0.05) is 39.0 Å². The molecule has 4 nitrogen and oxygen atoms in total. The number of ketones is 1. The minimum atomic E-state index is -0.197.